The molecular formula is C16H25N3O. The average molecular weight is 275 g/mol. The minimum absolute atomic E-state index is 0.0701. The van der Waals surface area contributed by atoms with Gasteiger partial charge < -0.3 is 10.6 Å². The van der Waals surface area contributed by atoms with Crippen LogP contribution in [0.3, 0.4) is 0 Å². The van der Waals surface area contributed by atoms with E-state index in [0.29, 0.717) is 19.0 Å². The summed E-state index contributed by atoms with van der Waals surface area (Å²) in [5.74, 6) is 0.0701. The van der Waals surface area contributed by atoms with E-state index in [-0.39, 0.29) is 5.91 Å². The van der Waals surface area contributed by atoms with Gasteiger partial charge in [0.25, 0.3) is 0 Å². The molecule has 0 aliphatic heterocycles. The van der Waals surface area contributed by atoms with E-state index in [4.69, 9.17) is 0 Å². The number of carbonyl (C=O) groups is 1. The van der Waals surface area contributed by atoms with Gasteiger partial charge in [0.05, 0.1) is 6.42 Å². The number of amides is 1. The van der Waals surface area contributed by atoms with E-state index in [1.54, 1.807) is 12.4 Å². The first-order chi connectivity index (χ1) is 9.84. The van der Waals surface area contributed by atoms with E-state index in [1.165, 1.54) is 38.5 Å². The molecule has 1 amide bonds. The van der Waals surface area contributed by atoms with Crippen LogP contribution in [-0.4, -0.2) is 30.0 Å². The second-order valence-corrected chi connectivity index (χ2v) is 5.53. The molecule has 0 unspecified atom stereocenters. The quantitative estimate of drug-likeness (QED) is 0.617. The molecule has 1 aromatic heterocycles. The van der Waals surface area contributed by atoms with Crippen molar-refractivity contribution in [1.82, 2.24) is 15.6 Å². The van der Waals surface area contributed by atoms with E-state index in [2.05, 4.69) is 15.6 Å². The van der Waals surface area contributed by atoms with Crippen molar-refractivity contribution < 1.29 is 4.79 Å². The molecule has 1 fully saturated rings. The van der Waals surface area contributed by atoms with E-state index >= 15 is 0 Å². The fourth-order valence-electron chi connectivity index (χ4n) is 2.71. The van der Waals surface area contributed by atoms with Crippen LogP contribution in [0, 0.1) is 0 Å². The molecule has 0 saturated heterocycles. The summed E-state index contributed by atoms with van der Waals surface area (Å²) in [6, 6.07) is 4.43. The van der Waals surface area contributed by atoms with Gasteiger partial charge in [-0.05, 0) is 24.5 Å². The number of nitrogens with one attached hydrogen (secondary N) is 2. The Kier molecular flexibility index (Phi) is 6.51. The first-order valence-electron chi connectivity index (χ1n) is 7.73. The molecule has 1 aliphatic rings. The lowest BCUT2D eigenvalue weighted by Gasteiger charge is -2.16. The molecule has 2 N–H and O–H groups in total. The van der Waals surface area contributed by atoms with Crippen molar-refractivity contribution in [3.63, 3.8) is 0 Å². The molecule has 1 aliphatic carbocycles. The summed E-state index contributed by atoms with van der Waals surface area (Å²) in [4.78, 5) is 15.8. The Morgan fingerprint density at radius 2 is 2.00 bits per heavy atom. The second-order valence-electron chi connectivity index (χ2n) is 5.53. The molecule has 20 heavy (non-hydrogen) atoms. The monoisotopic (exact) mass is 275 g/mol. The van der Waals surface area contributed by atoms with E-state index in [9.17, 15) is 4.79 Å². The fraction of sp³-hybridized carbons (Fsp3) is 0.625. The minimum Gasteiger partial charge on any atom is -0.355 e. The normalized spacial score (nSPS) is 16.6. The summed E-state index contributed by atoms with van der Waals surface area (Å²) < 4.78 is 0. The van der Waals surface area contributed by atoms with Gasteiger partial charge in [0.2, 0.25) is 5.91 Å². The molecule has 110 valence electrons. The van der Waals surface area contributed by atoms with Gasteiger partial charge in [0.15, 0.2) is 0 Å². The smallest absolute Gasteiger partial charge is 0.224 e. The Balaban J connectivity index is 1.57. The van der Waals surface area contributed by atoms with Crippen molar-refractivity contribution >= 4 is 5.91 Å². The minimum atomic E-state index is 0.0701. The van der Waals surface area contributed by atoms with Crippen molar-refractivity contribution in [2.75, 3.05) is 13.1 Å². The van der Waals surface area contributed by atoms with Crippen molar-refractivity contribution in [1.29, 1.82) is 0 Å². The average Bonchev–Trinajstić information content (AvgIpc) is 2.73. The highest BCUT2D eigenvalue weighted by atomic mass is 16.1. The highest BCUT2D eigenvalue weighted by molar-refractivity contribution is 5.78. The van der Waals surface area contributed by atoms with Crippen LogP contribution in [0.25, 0.3) is 0 Å². The Morgan fingerprint density at radius 3 is 2.70 bits per heavy atom. The molecule has 0 radical (unpaired) electrons. The lowest BCUT2D eigenvalue weighted by Crippen LogP contribution is -2.37. The largest absolute Gasteiger partial charge is 0.355 e. The maximum Gasteiger partial charge on any atom is 0.224 e. The summed E-state index contributed by atoms with van der Waals surface area (Å²) in [6.07, 6.45) is 11.9. The molecular weight excluding hydrogens is 250 g/mol. The van der Waals surface area contributed by atoms with Gasteiger partial charge in [0, 0.05) is 31.5 Å². The van der Waals surface area contributed by atoms with Gasteiger partial charge in [-0.2, -0.15) is 0 Å². The van der Waals surface area contributed by atoms with Crippen molar-refractivity contribution in [2.45, 2.75) is 51.0 Å². The van der Waals surface area contributed by atoms with Crippen LogP contribution in [0.1, 0.15) is 44.1 Å². The van der Waals surface area contributed by atoms with Gasteiger partial charge in [-0.1, -0.05) is 31.7 Å². The van der Waals surface area contributed by atoms with E-state index < -0.39 is 0 Å². The second kappa shape index (κ2) is 8.69. The summed E-state index contributed by atoms with van der Waals surface area (Å²) in [7, 11) is 0. The first-order valence-corrected chi connectivity index (χ1v) is 7.73. The summed E-state index contributed by atoms with van der Waals surface area (Å²) in [5.41, 5.74) is 0.960. The predicted molar refractivity (Wildman–Crippen MR) is 80.4 cm³/mol. The van der Waals surface area contributed by atoms with Gasteiger partial charge in [-0.15, -0.1) is 0 Å². The molecule has 0 bridgehead atoms. The lowest BCUT2D eigenvalue weighted by molar-refractivity contribution is -0.120. The van der Waals surface area contributed by atoms with Gasteiger partial charge in [-0.3, -0.25) is 9.78 Å². The van der Waals surface area contributed by atoms with Gasteiger partial charge in [0.1, 0.15) is 0 Å². The Morgan fingerprint density at radius 1 is 1.20 bits per heavy atom. The van der Waals surface area contributed by atoms with Crippen molar-refractivity contribution in [3.8, 4) is 0 Å². The third-order valence-electron chi connectivity index (χ3n) is 3.82. The molecule has 2 rings (SSSR count). The number of carbonyl (C=O) groups excluding carboxylic acids is 1. The van der Waals surface area contributed by atoms with Gasteiger partial charge >= 0.3 is 0 Å². The van der Waals surface area contributed by atoms with Crippen LogP contribution in [0.5, 0.6) is 0 Å². The van der Waals surface area contributed by atoms with E-state index in [0.717, 1.165) is 12.1 Å². The number of pyridine rings is 1. The molecule has 1 heterocycles. The third-order valence-corrected chi connectivity index (χ3v) is 3.82. The molecule has 4 heteroatoms. The van der Waals surface area contributed by atoms with Crippen LogP contribution < -0.4 is 10.6 Å². The first kappa shape index (κ1) is 15.0. The van der Waals surface area contributed by atoms with Crippen LogP contribution in [0.4, 0.5) is 0 Å². The van der Waals surface area contributed by atoms with Crippen molar-refractivity contribution in [3.05, 3.63) is 30.1 Å². The third kappa shape index (κ3) is 5.70. The number of aromatic nitrogens is 1. The van der Waals surface area contributed by atoms with Crippen LogP contribution in [0.15, 0.2) is 24.5 Å². The standard InChI is InChI=1S/C16H25N3O/c20-16(12-14-6-5-9-17-13-14)19-11-10-18-15-7-3-1-2-4-8-15/h5-6,9,13,15,18H,1-4,7-8,10-12H2,(H,19,20). The van der Waals surface area contributed by atoms with Crippen molar-refractivity contribution in [2.24, 2.45) is 0 Å². The fourth-order valence-corrected chi connectivity index (χ4v) is 2.71. The number of hydrogen-bond donors (Lipinski definition) is 2. The number of rotatable bonds is 6. The zero-order valence-corrected chi connectivity index (χ0v) is 12.1. The molecule has 1 aromatic rings. The zero-order valence-electron chi connectivity index (χ0n) is 12.1. The van der Waals surface area contributed by atoms with Crippen LogP contribution in [0.2, 0.25) is 0 Å². The maximum atomic E-state index is 11.8. The molecule has 0 atom stereocenters. The number of nitrogens with zero attached hydrogens (tertiary/aromatic N) is 1. The highest BCUT2D eigenvalue weighted by Gasteiger charge is 2.11. The zero-order chi connectivity index (χ0) is 14.0. The van der Waals surface area contributed by atoms with Crippen LogP contribution >= 0.6 is 0 Å². The molecule has 0 spiro atoms. The maximum absolute atomic E-state index is 11.8. The summed E-state index contributed by atoms with van der Waals surface area (Å²) in [5, 5.41) is 6.51. The summed E-state index contributed by atoms with van der Waals surface area (Å²) in [6.45, 7) is 1.57. The van der Waals surface area contributed by atoms with Gasteiger partial charge in [-0.25, -0.2) is 0 Å². The van der Waals surface area contributed by atoms with E-state index in [1.807, 2.05) is 12.1 Å². The SMILES string of the molecule is O=C(Cc1cccnc1)NCCNC1CCCCCC1. The Bertz CT molecular complexity index is 386. The predicted octanol–water partition coefficient (Wildman–Crippen LogP) is 2.05. The van der Waals surface area contributed by atoms with Crippen LogP contribution in [-0.2, 0) is 11.2 Å². The topological polar surface area (TPSA) is 54.0 Å². The molecule has 4 nitrogen and oxygen atoms in total. The highest BCUT2D eigenvalue weighted by Crippen LogP contribution is 2.16. The Hall–Kier alpha value is -1.42. The number of hydrogen-bond acceptors (Lipinski definition) is 3. The summed E-state index contributed by atoms with van der Waals surface area (Å²) >= 11 is 0. The lowest BCUT2D eigenvalue weighted by atomic mass is 10.1. The molecule has 1 saturated carbocycles. The molecule has 0 aromatic carbocycles. The Labute approximate surface area is 121 Å².